The van der Waals surface area contributed by atoms with E-state index < -0.39 is 11.6 Å². The van der Waals surface area contributed by atoms with Crippen LogP contribution in [-0.2, 0) is 0 Å². The zero-order valence-corrected chi connectivity index (χ0v) is 12.1. The molecule has 0 saturated heterocycles. The fourth-order valence-electron chi connectivity index (χ4n) is 2.17. The Balaban J connectivity index is 2.05. The van der Waals surface area contributed by atoms with Crippen molar-refractivity contribution in [1.82, 2.24) is 0 Å². The number of ketones is 1. The van der Waals surface area contributed by atoms with E-state index in [0.717, 1.165) is 0 Å². The van der Waals surface area contributed by atoms with Gasteiger partial charge in [-0.1, -0.05) is 18.2 Å². The molecule has 2 aromatic carbocycles. The van der Waals surface area contributed by atoms with Crippen LogP contribution < -0.4 is 0 Å². The molecule has 0 aliphatic heterocycles. The number of thiophene rings is 1. The SMILES string of the molecule is O=C(c1cccc(O)c1)c1sccc1-c1ccc(O)c(F)c1. The van der Waals surface area contributed by atoms with Gasteiger partial charge in [0, 0.05) is 11.1 Å². The second kappa shape index (κ2) is 5.61. The molecule has 0 aliphatic rings. The lowest BCUT2D eigenvalue weighted by atomic mass is 10.0. The summed E-state index contributed by atoms with van der Waals surface area (Å²) in [6.45, 7) is 0. The van der Waals surface area contributed by atoms with Crippen molar-refractivity contribution < 1.29 is 19.4 Å². The summed E-state index contributed by atoms with van der Waals surface area (Å²) < 4.78 is 13.5. The van der Waals surface area contributed by atoms with Crippen molar-refractivity contribution in [2.24, 2.45) is 0 Å². The van der Waals surface area contributed by atoms with Gasteiger partial charge < -0.3 is 10.2 Å². The Hall–Kier alpha value is -2.66. The van der Waals surface area contributed by atoms with Crippen LogP contribution in [0.1, 0.15) is 15.2 Å². The molecule has 0 spiro atoms. The maximum Gasteiger partial charge on any atom is 0.203 e. The van der Waals surface area contributed by atoms with Gasteiger partial charge >= 0.3 is 0 Å². The molecule has 0 fully saturated rings. The van der Waals surface area contributed by atoms with Crippen molar-refractivity contribution in [3.05, 3.63) is 70.2 Å². The molecular formula is C17H11FO3S. The zero-order valence-electron chi connectivity index (χ0n) is 11.3. The van der Waals surface area contributed by atoms with Crippen molar-refractivity contribution in [2.75, 3.05) is 0 Å². The van der Waals surface area contributed by atoms with Gasteiger partial charge in [-0.05, 0) is 41.3 Å². The molecule has 0 atom stereocenters. The van der Waals surface area contributed by atoms with E-state index in [2.05, 4.69) is 0 Å². The molecule has 0 amide bonds. The minimum Gasteiger partial charge on any atom is -0.508 e. The standard InChI is InChI=1S/C17H11FO3S/c18-14-9-10(4-5-15(14)20)13-6-7-22-17(13)16(21)11-2-1-3-12(19)8-11/h1-9,19-20H. The molecule has 110 valence electrons. The van der Waals surface area contributed by atoms with E-state index in [1.807, 2.05) is 0 Å². The van der Waals surface area contributed by atoms with Crippen LogP contribution in [0, 0.1) is 5.82 Å². The number of benzene rings is 2. The molecule has 0 bridgehead atoms. The van der Waals surface area contributed by atoms with Crippen molar-refractivity contribution in [2.45, 2.75) is 0 Å². The van der Waals surface area contributed by atoms with E-state index in [1.54, 1.807) is 29.6 Å². The topological polar surface area (TPSA) is 57.5 Å². The second-order valence-electron chi connectivity index (χ2n) is 4.71. The van der Waals surface area contributed by atoms with Gasteiger partial charge in [0.2, 0.25) is 5.78 Å². The van der Waals surface area contributed by atoms with E-state index in [-0.39, 0.29) is 11.5 Å². The van der Waals surface area contributed by atoms with Crippen LogP contribution in [0.25, 0.3) is 11.1 Å². The van der Waals surface area contributed by atoms with Crippen LogP contribution >= 0.6 is 11.3 Å². The van der Waals surface area contributed by atoms with Crippen molar-refractivity contribution in [1.29, 1.82) is 0 Å². The first kappa shape index (κ1) is 14.3. The molecule has 1 aromatic heterocycles. The van der Waals surface area contributed by atoms with Crippen molar-refractivity contribution in [3.8, 4) is 22.6 Å². The predicted octanol–water partition coefficient (Wildman–Crippen LogP) is 4.20. The minimum absolute atomic E-state index is 0.0135. The van der Waals surface area contributed by atoms with Gasteiger partial charge in [0.15, 0.2) is 11.6 Å². The summed E-state index contributed by atoms with van der Waals surface area (Å²) in [5.74, 6) is -1.40. The first-order chi connectivity index (χ1) is 10.6. The zero-order chi connectivity index (χ0) is 15.7. The number of carbonyl (C=O) groups excluding carboxylic acids is 1. The molecule has 3 aromatic rings. The van der Waals surface area contributed by atoms with Gasteiger partial charge in [-0.25, -0.2) is 4.39 Å². The average molecular weight is 314 g/mol. The highest BCUT2D eigenvalue weighted by atomic mass is 32.1. The Kier molecular flexibility index (Phi) is 3.65. The summed E-state index contributed by atoms with van der Waals surface area (Å²) in [4.78, 5) is 13.0. The summed E-state index contributed by atoms with van der Waals surface area (Å²) in [6.07, 6.45) is 0. The quantitative estimate of drug-likeness (QED) is 0.712. The first-order valence-electron chi connectivity index (χ1n) is 6.46. The molecule has 3 nitrogen and oxygen atoms in total. The third kappa shape index (κ3) is 2.58. The molecule has 1 heterocycles. The summed E-state index contributed by atoms with van der Waals surface area (Å²) in [5.41, 5.74) is 1.47. The minimum atomic E-state index is -0.737. The van der Waals surface area contributed by atoms with Crippen LogP contribution in [0.3, 0.4) is 0 Å². The monoisotopic (exact) mass is 314 g/mol. The molecule has 0 saturated carbocycles. The number of aromatic hydroxyl groups is 2. The summed E-state index contributed by atoms with van der Waals surface area (Å²) in [7, 11) is 0. The molecule has 22 heavy (non-hydrogen) atoms. The molecule has 5 heteroatoms. The van der Waals surface area contributed by atoms with E-state index >= 15 is 0 Å². The summed E-state index contributed by atoms with van der Waals surface area (Å²) in [5, 5.41) is 20.5. The number of hydrogen-bond donors (Lipinski definition) is 2. The van der Waals surface area contributed by atoms with E-state index in [9.17, 15) is 19.4 Å². The third-order valence-electron chi connectivity index (χ3n) is 3.24. The fourth-order valence-corrected chi connectivity index (χ4v) is 3.04. The van der Waals surface area contributed by atoms with Gasteiger partial charge in [-0.15, -0.1) is 11.3 Å². The summed E-state index contributed by atoms with van der Waals surface area (Å²) >= 11 is 1.25. The van der Waals surface area contributed by atoms with E-state index in [1.165, 1.54) is 35.6 Å². The highest BCUT2D eigenvalue weighted by molar-refractivity contribution is 7.12. The molecule has 0 unspecified atom stereocenters. The lowest BCUT2D eigenvalue weighted by molar-refractivity contribution is 0.104. The van der Waals surface area contributed by atoms with Crippen molar-refractivity contribution in [3.63, 3.8) is 0 Å². The third-order valence-corrected chi connectivity index (χ3v) is 4.15. The lowest BCUT2D eigenvalue weighted by Crippen LogP contribution is -2.00. The maximum atomic E-state index is 13.5. The van der Waals surface area contributed by atoms with Gasteiger partial charge in [0.1, 0.15) is 5.75 Å². The van der Waals surface area contributed by atoms with Crippen LogP contribution in [0.2, 0.25) is 0 Å². The number of halogens is 1. The highest BCUT2D eigenvalue weighted by Crippen LogP contribution is 2.32. The van der Waals surface area contributed by atoms with Crippen LogP contribution in [-0.4, -0.2) is 16.0 Å². The molecule has 3 rings (SSSR count). The Labute approximate surface area is 129 Å². The number of hydrogen-bond acceptors (Lipinski definition) is 4. The number of carbonyl (C=O) groups is 1. The Morgan fingerprint density at radius 3 is 2.59 bits per heavy atom. The second-order valence-corrected chi connectivity index (χ2v) is 5.63. The van der Waals surface area contributed by atoms with E-state index in [0.29, 0.717) is 21.6 Å². The highest BCUT2D eigenvalue weighted by Gasteiger charge is 2.17. The molecule has 0 aliphatic carbocycles. The van der Waals surface area contributed by atoms with E-state index in [4.69, 9.17) is 0 Å². The van der Waals surface area contributed by atoms with Crippen LogP contribution in [0.5, 0.6) is 11.5 Å². The number of rotatable bonds is 3. The van der Waals surface area contributed by atoms with Gasteiger partial charge in [-0.2, -0.15) is 0 Å². The lowest BCUT2D eigenvalue weighted by Gasteiger charge is -2.05. The first-order valence-corrected chi connectivity index (χ1v) is 7.34. The van der Waals surface area contributed by atoms with Crippen LogP contribution in [0.4, 0.5) is 4.39 Å². The smallest absolute Gasteiger partial charge is 0.203 e. The fraction of sp³-hybridized carbons (Fsp3) is 0. The summed E-state index contributed by atoms with van der Waals surface area (Å²) in [6, 6.07) is 11.8. The average Bonchev–Trinajstić information content (AvgIpc) is 2.98. The maximum absolute atomic E-state index is 13.5. The number of phenolic OH excluding ortho intramolecular Hbond substituents is 2. The predicted molar refractivity (Wildman–Crippen MR) is 82.9 cm³/mol. The molecular weight excluding hydrogens is 303 g/mol. The normalized spacial score (nSPS) is 10.6. The van der Waals surface area contributed by atoms with Crippen LogP contribution in [0.15, 0.2) is 53.9 Å². The van der Waals surface area contributed by atoms with Crippen molar-refractivity contribution >= 4 is 17.1 Å². The Bertz CT molecular complexity index is 855. The number of phenols is 2. The largest absolute Gasteiger partial charge is 0.508 e. The van der Waals surface area contributed by atoms with Gasteiger partial charge in [0.05, 0.1) is 4.88 Å². The van der Waals surface area contributed by atoms with Gasteiger partial charge in [-0.3, -0.25) is 4.79 Å². The Morgan fingerprint density at radius 1 is 1.05 bits per heavy atom. The Morgan fingerprint density at radius 2 is 1.86 bits per heavy atom. The molecule has 0 radical (unpaired) electrons. The van der Waals surface area contributed by atoms with Gasteiger partial charge in [0.25, 0.3) is 0 Å². The molecule has 2 N–H and O–H groups in total.